The fourth-order valence-electron chi connectivity index (χ4n) is 3.97. The molecule has 2 atom stereocenters. The molecule has 30 heavy (non-hydrogen) atoms. The topological polar surface area (TPSA) is 97.7 Å². The molecule has 4 aromatic rings. The lowest BCUT2D eigenvalue weighted by Gasteiger charge is -2.19. The summed E-state index contributed by atoms with van der Waals surface area (Å²) in [6, 6.07) is 4.39. The van der Waals surface area contributed by atoms with E-state index in [1.807, 2.05) is 6.92 Å². The first-order chi connectivity index (χ1) is 14.5. The minimum absolute atomic E-state index is 0.0288. The fraction of sp³-hybridized carbons (Fsp3) is 0.333. The SMILES string of the molecule is C[C@@H](NC(=O)c1c[nH]c2ncc(-c3nn(C)c4cc(F)ccc34)nc12)C1CCCO1. The van der Waals surface area contributed by atoms with Gasteiger partial charge in [-0.15, -0.1) is 0 Å². The standard InChI is InChI=1S/C21H21FN6O2/c1-11(17-4-3-7-30-17)25-21(29)14-9-23-20-19(14)26-15(10-24-20)18-13-6-5-12(22)8-16(13)28(2)27-18/h5-6,8-11,17H,3-4,7H2,1-2H3,(H,23,24)(H,25,29)/t11-,17?/m1/s1. The number of H-pyrrole nitrogens is 1. The number of aromatic amines is 1. The molecule has 1 fully saturated rings. The predicted octanol–water partition coefficient (Wildman–Crippen LogP) is 2.95. The highest BCUT2D eigenvalue weighted by molar-refractivity contribution is 6.05. The highest BCUT2D eigenvalue weighted by Crippen LogP contribution is 2.28. The Kier molecular flexibility index (Phi) is 4.47. The number of halogens is 1. The van der Waals surface area contributed by atoms with Gasteiger partial charge in [-0.1, -0.05) is 0 Å². The molecular weight excluding hydrogens is 387 g/mol. The van der Waals surface area contributed by atoms with Crippen molar-refractivity contribution in [1.82, 2.24) is 30.0 Å². The van der Waals surface area contributed by atoms with Crippen LogP contribution in [0.25, 0.3) is 33.5 Å². The van der Waals surface area contributed by atoms with E-state index in [1.165, 1.54) is 12.1 Å². The largest absolute Gasteiger partial charge is 0.376 e. The van der Waals surface area contributed by atoms with Gasteiger partial charge in [0.05, 0.1) is 29.4 Å². The maximum absolute atomic E-state index is 13.6. The average Bonchev–Trinajstić information content (AvgIpc) is 3.46. The predicted molar refractivity (Wildman–Crippen MR) is 109 cm³/mol. The van der Waals surface area contributed by atoms with E-state index in [2.05, 4.69) is 25.4 Å². The van der Waals surface area contributed by atoms with E-state index in [4.69, 9.17) is 4.74 Å². The number of carbonyl (C=O) groups excluding carboxylic acids is 1. The van der Waals surface area contributed by atoms with Crippen LogP contribution in [0.5, 0.6) is 0 Å². The average molecular weight is 408 g/mol. The summed E-state index contributed by atoms with van der Waals surface area (Å²) in [5.41, 5.74) is 3.15. The summed E-state index contributed by atoms with van der Waals surface area (Å²) in [5.74, 6) is -0.563. The van der Waals surface area contributed by atoms with Crippen LogP contribution < -0.4 is 5.32 Å². The van der Waals surface area contributed by atoms with Gasteiger partial charge in [-0.05, 0) is 38.0 Å². The van der Waals surface area contributed by atoms with E-state index in [0.717, 1.165) is 24.8 Å². The quantitative estimate of drug-likeness (QED) is 0.541. The highest BCUT2D eigenvalue weighted by Gasteiger charge is 2.25. The number of fused-ring (bicyclic) bond motifs is 2. The molecule has 0 spiro atoms. The molecule has 0 aliphatic carbocycles. The summed E-state index contributed by atoms with van der Waals surface area (Å²) in [5, 5.41) is 8.26. The summed E-state index contributed by atoms with van der Waals surface area (Å²) in [6.07, 6.45) is 5.18. The van der Waals surface area contributed by atoms with Crippen molar-refractivity contribution in [2.24, 2.45) is 7.05 Å². The Bertz CT molecular complexity index is 1260. The van der Waals surface area contributed by atoms with Gasteiger partial charge < -0.3 is 15.0 Å². The molecule has 5 rings (SSSR count). The van der Waals surface area contributed by atoms with Gasteiger partial charge in [-0.3, -0.25) is 9.48 Å². The third-order valence-corrected chi connectivity index (χ3v) is 5.56. The van der Waals surface area contributed by atoms with Crippen molar-refractivity contribution in [3.8, 4) is 11.4 Å². The van der Waals surface area contributed by atoms with Crippen molar-refractivity contribution in [3.63, 3.8) is 0 Å². The van der Waals surface area contributed by atoms with Crippen molar-refractivity contribution in [3.05, 3.63) is 42.0 Å². The van der Waals surface area contributed by atoms with E-state index in [9.17, 15) is 9.18 Å². The van der Waals surface area contributed by atoms with Crippen LogP contribution in [0.3, 0.4) is 0 Å². The van der Waals surface area contributed by atoms with Crippen molar-refractivity contribution in [2.45, 2.75) is 31.9 Å². The van der Waals surface area contributed by atoms with Crippen LogP contribution in [-0.2, 0) is 11.8 Å². The van der Waals surface area contributed by atoms with E-state index in [1.54, 1.807) is 30.2 Å². The van der Waals surface area contributed by atoms with Crippen LogP contribution in [0, 0.1) is 5.82 Å². The van der Waals surface area contributed by atoms with E-state index < -0.39 is 0 Å². The number of aromatic nitrogens is 5. The van der Waals surface area contributed by atoms with Gasteiger partial charge in [0.25, 0.3) is 5.91 Å². The van der Waals surface area contributed by atoms with Gasteiger partial charge in [0.2, 0.25) is 0 Å². The minimum atomic E-state index is -0.330. The fourth-order valence-corrected chi connectivity index (χ4v) is 3.97. The Labute approximate surface area is 171 Å². The van der Waals surface area contributed by atoms with Crippen LogP contribution >= 0.6 is 0 Å². The molecule has 1 aliphatic heterocycles. The second kappa shape index (κ2) is 7.17. The molecule has 1 aliphatic rings. The molecule has 0 bridgehead atoms. The van der Waals surface area contributed by atoms with Crippen LogP contribution in [0.2, 0.25) is 0 Å². The Hall–Kier alpha value is -3.33. The molecule has 3 aromatic heterocycles. The van der Waals surface area contributed by atoms with Crippen LogP contribution in [-0.4, -0.2) is 49.4 Å². The molecule has 9 heteroatoms. The lowest BCUT2D eigenvalue weighted by molar-refractivity contribution is 0.0713. The summed E-state index contributed by atoms with van der Waals surface area (Å²) >= 11 is 0. The highest BCUT2D eigenvalue weighted by atomic mass is 19.1. The molecule has 4 heterocycles. The van der Waals surface area contributed by atoms with Gasteiger partial charge in [-0.25, -0.2) is 14.4 Å². The Morgan fingerprint density at radius 1 is 1.43 bits per heavy atom. The minimum Gasteiger partial charge on any atom is -0.376 e. The maximum atomic E-state index is 13.6. The number of aryl methyl sites for hydroxylation is 1. The third kappa shape index (κ3) is 3.11. The lowest BCUT2D eigenvalue weighted by Crippen LogP contribution is -2.40. The number of nitrogens with one attached hydrogen (secondary N) is 2. The zero-order valence-corrected chi connectivity index (χ0v) is 16.6. The zero-order valence-electron chi connectivity index (χ0n) is 16.6. The van der Waals surface area contributed by atoms with Gasteiger partial charge in [0.15, 0.2) is 5.65 Å². The normalized spacial score (nSPS) is 17.6. The molecule has 1 saturated heterocycles. The maximum Gasteiger partial charge on any atom is 0.255 e. The number of carbonyl (C=O) groups is 1. The van der Waals surface area contributed by atoms with Crippen molar-refractivity contribution >= 4 is 28.0 Å². The van der Waals surface area contributed by atoms with Crippen LogP contribution in [0.4, 0.5) is 4.39 Å². The number of rotatable bonds is 4. The molecule has 1 unspecified atom stereocenters. The van der Waals surface area contributed by atoms with Crippen LogP contribution in [0.15, 0.2) is 30.6 Å². The monoisotopic (exact) mass is 408 g/mol. The Morgan fingerprint density at radius 2 is 2.30 bits per heavy atom. The summed E-state index contributed by atoms with van der Waals surface area (Å²) in [4.78, 5) is 24.9. The molecule has 2 N–H and O–H groups in total. The van der Waals surface area contributed by atoms with Gasteiger partial charge in [-0.2, -0.15) is 5.10 Å². The first-order valence-electron chi connectivity index (χ1n) is 9.90. The summed E-state index contributed by atoms with van der Waals surface area (Å²) in [6.45, 7) is 2.67. The molecule has 0 radical (unpaired) electrons. The zero-order chi connectivity index (χ0) is 20.8. The van der Waals surface area contributed by atoms with Gasteiger partial charge in [0.1, 0.15) is 22.7 Å². The number of hydrogen-bond acceptors (Lipinski definition) is 5. The summed E-state index contributed by atoms with van der Waals surface area (Å²) < 4.78 is 20.9. The van der Waals surface area contributed by atoms with Crippen molar-refractivity contribution in [1.29, 1.82) is 0 Å². The molecule has 1 aromatic carbocycles. The summed E-state index contributed by atoms with van der Waals surface area (Å²) in [7, 11) is 1.75. The lowest BCUT2D eigenvalue weighted by atomic mass is 10.1. The van der Waals surface area contributed by atoms with Crippen LogP contribution in [0.1, 0.15) is 30.1 Å². The van der Waals surface area contributed by atoms with Crippen molar-refractivity contribution in [2.75, 3.05) is 6.61 Å². The smallest absolute Gasteiger partial charge is 0.255 e. The molecule has 154 valence electrons. The number of ether oxygens (including phenoxy) is 1. The number of hydrogen-bond donors (Lipinski definition) is 2. The Morgan fingerprint density at radius 3 is 3.10 bits per heavy atom. The molecule has 8 nitrogen and oxygen atoms in total. The second-order valence-corrected chi connectivity index (χ2v) is 7.60. The van der Waals surface area contributed by atoms with Gasteiger partial charge in [0, 0.05) is 25.2 Å². The van der Waals surface area contributed by atoms with Gasteiger partial charge >= 0.3 is 0 Å². The number of nitrogens with zero attached hydrogens (tertiary/aromatic N) is 4. The second-order valence-electron chi connectivity index (χ2n) is 7.60. The van der Waals surface area contributed by atoms with E-state index >= 15 is 0 Å². The Balaban J connectivity index is 1.51. The number of benzene rings is 1. The van der Waals surface area contributed by atoms with E-state index in [0.29, 0.717) is 33.6 Å². The molecule has 1 amide bonds. The number of amides is 1. The molecule has 0 saturated carbocycles. The van der Waals surface area contributed by atoms with Crippen molar-refractivity contribution < 1.29 is 13.9 Å². The van der Waals surface area contributed by atoms with E-state index in [-0.39, 0.29) is 23.9 Å². The first kappa shape index (κ1) is 18.7. The molecular formula is C21H21FN6O2. The first-order valence-corrected chi connectivity index (χ1v) is 9.90. The third-order valence-electron chi connectivity index (χ3n) is 5.56.